The van der Waals surface area contributed by atoms with Gasteiger partial charge in [-0.2, -0.15) is 0 Å². The molecular weight excluding hydrogens is 394 g/mol. The summed E-state index contributed by atoms with van der Waals surface area (Å²) in [5.41, 5.74) is 3.17. The van der Waals surface area contributed by atoms with E-state index in [9.17, 15) is 4.79 Å². The van der Waals surface area contributed by atoms with Crippen molar-refractivity contribution in [3.8, 4) is 11.5 Å². The number of benzene rings is 3. The van der Waals surface area contributed by atoms with Crippen LogP contribution in [0.15, 0.2) is 78.9 Å². The highest BCUT2D eigenvalue weighted by Gasteiger charge is 2.32. The van der Waals surface area contributed by atoms with Crippen LogP contribution in [0, 0.1) is 0 Å². The molecular formula is C25H25NO3S. The molecule has 30 heavy (non-hydrogen) atoms. The highest BCUT2D eigenvalue weighted by molar-refractivity contribution is 7.99. The topological polar surface area (TPSA) is 38.8 Å². The molecule has 1 atom stereocenters. The van der Waals surface area contributed by atoms with E-state index in [0.717, 1.165) is 40.5 Å². The van der Waals surface area contributed by atoms with Gasteiger partial charge in [-0.15, -0.1) is 11.8 Å². The third-order valence-electron chi connectivity index (χ3n) is 5.15. The Morgan fingerprint density at radius 1 is 0.967 bits per heavy atom. The van der Waals surface area contributed by atoms with E-state index in [-0.39, 0.29) is 11.3 Å². The van der Waals surface area contributed by atoms with Crippen molar-refractivity contribution in [3.63, 3.8) is 0 Å². The van der Waals surface area contributed by atoms with Crippen LogP contribution in [0.25, 0.3) is 0 Å². The lowest BCUT2D eigenvalue weighted by Gasteiger charge is -2.26. The molecule has 3 aromatic rings. The first-order valence-corrected chi connectivity index (χ1v) is 11.1. The Morgan fingerprint density at radius 2 is 1.70 bits per heavy atom. The molecule has 1 heterocycles. The maximum atomic E-state index is 13.1. The first-order chi connectivity index (χ1) is 14.7. The van der Waals surface area contributed by atoms with Crippen LogP contribution >= 0.6 is 11.8 Å². The van der Waals surface area contributed by atoms with Crippen molar-refractivity contribution < 1.29 is 14.3 Å². The number of methoxy groups -OCH3 is 1. The van der Waals surface area contributed by atoms with E-state index in [1.165, 1.54) is 0 Å². The average molecular weight is 420 g/mol. The summed E-state index contributed by atoms with van der Waals surface area (Å²) in [5, 5.41) is -0.0253. The highest BCUT2D eigenvalue weighted by atomic mass is 32.2. The van der Waals surface area contributed by atoms with Crippen LogP contribution in [0.5, 0.6) is 11.5 Å². The molecule has 0 aromatic heterocycles. The summed E-state index contributed by atoms with van der Waals surface area (Å²) >= 11 is 1.79. The number of para-hydroxylation sites is 1. The molecule has 0 radical (unpaired) electrons. The van der Waals surface area contributed by atoms with Gasteiger partial charge >= 0.3 is 0 Å². The molecule has 1 fully saturated rings. The maximum Gasteiger partial charge on any atom is 0.228 e. The van der Waals surface area contributed by atoms with E-state index in [1.807, 2.05) is 65.6 Å². The molecule has 1 amide bonds. The van der Waals surface area contributed by atoms with Crippen molar-refractivity contribution >= 4 is 17.7 Å². The molecule has 5 heteroatoms. The molecule has 1 saturated heterocycles. The summed E-state index contributed by atoms with van der Waals surface area (Å²) in [6, 6.07) is 25.9. The molecule has 0 bridgehead atoms. The van der Waals surface area contributed by atoms with Crippen LogP contribution < -0.4 is 9.47 Å². The minimum Gasteiger partial charge on any atom is -0.497 e. The third kappa shape index (κ3) is 4.79. The monoisotopic (exact) mass is 419 g/mol. The average Bonchev–Trinajstić information content (AvgIpc) is 3.29. The fourth-order valence-corrected chi connectivity index (χ4v) is 4.86. The number of thioether (sulfide) groups is 1. The number of carbonyl (C=O) groups excluding carboxylic acids is 1. The zero-order valence-corrected chi connectivity index (χ0v) is 17.8. The zero-order valence-electron chi connectivity index (χ0n) is 17.0. The van der Waals surface area contributed by atoms with Crippen LogP contribution in [0.3, 0.4) is 0 Å². The van der Waals surface area contributed by atoms with Gasteiger partial charge in [-0.1, -0.05) is 60.7 Å². The molecule has 0 saturated carbocycles. The molecule has 154 valence electrons. The van der Waals surface area contributed by atoms with Gasteiger partial charge in [0.1, 0.15) is 23.5 Å². The minimum absolute atomic E-state index is 0.0253. The van der Waals surface area contributed by atoms with Crippen LogP contribution in [0.4, 0.5) is 0 Å². The smallest absolute Gasteiger partial charge is 0.228 e. The summed E-state index contributed by atoms with van der Waals surface area (Å²) in [4.78, 5) is 15.1. The van der Waals surface area contributed by atoms with Crippen molar-refractivity contribution in [2.45, 2.75) is 18.4 Å². The summed E-state index contributed by atoms with van der Waals surface area (Å²) in [5.74, 6) is 2.69. The van der Waals surface area contributed by atoms with E-state index in [0.29, 0.717) is 13.0 Å². The largest absolute Gasteiger partial charge is 0.497 e. The number of carbonyl (C=O) groups is 1. The summed E-state index contributed by atoms with van der Waals surface area (Å²) in [6.45, 7) is 1.26. The second kappa shape index (κ2) is 9.72. The predicted octanol–water partition coefficient (Wildman–Crippen LogP) is 5.09. The van der Waals surface area contributed by atoms with Crippen LogP contribution in [0.2, 0.25) is 0 Å². The van der Waals surface area contributed by atoms with Gasteiger partial charge in [-0.05, 0) is 29.3 Å². The Hall–Kier alpha value is -2.92. The zero-order chi connectivity index (χ0) is 20.8. The SMILES string of the molecule is COc1ccc(CC(=O)N2CCSC2c2ccccc2OCc2ccccc2)cc1. The van der Waals surface area contributed by atoms with Crippen molar-refractivity contribution in [3.05, 3.63) is 95.6 Å². The first kappa shape index (κ1) is 20.4. The number of hydrogen-bond acceptors (Lipinski definition) is 4. The van der Waals surface area contributed by atoms with E-state index in [2.05, 4.69) is 18.2 Å². The van der Waals surface area contributed by atoms with Crippen molar-refractivity contribution in [2.75, 3.05) is 19.4 Å². The molecule has 3 aromatic carbocycles. The Bertz CT molecular complexity index is 975. The van der Waals surface area contributed by atoms with Gasteiger partial charge in [0.15, 0.2) is 0 Å². The van der Waals surface area contributed by atoms with Crippen molar-refractivity contribution in [1.29, 1.82) is 0 Å². The normalized spacial score (nSPS) is 15.8. The predicted molar refractivity (Wildman–Crippen MR) is 121 cm³/mol. The molecule has 1 unspecified atom stereocenters. The fourth-order valence-electron chi connectivity index (χ4n) is 3.55. The summed E-state index contributed by atoms with van der Waals surface area (Å²) in [6.07, 6.45) is 0.383. The molecule has 1 aliphatic heterocycles. The second-order valence-electron chi connectivity index (χ2n) is 7.15. The lowest BCUT2D eigenvalue weighted by atomic mass is 10.1. The van der Waals surface area contributed by atoms with Gasteiger partial charge in [0.05, 0.1) is 13.5 Å². The van der Waals surface area contributed by atoms with E-state index in [1.54, 1.807) is 18.9 Å². The van der Waals surface area contributed by atoms with Crippen LogP contribution in [0.1, 0.15) is 22.1 Å². The third-order valence-corrected chi connectivity index (χ3v) is 6.39. The Kier molecular flexibility index (Phi) is 6.60. The molecule has 4 rings (SSSR count). The molecule has 0 aliphatic carbocycles. The number of rotatable bonds is 7. The fraction of sp³-hybridized carbons (Fsp3) is 0.240. The number of hydrogen-bond donors (Lipinski definition) is 0. The summed E-state index contributed by atoms with van der Waals surface area (Å²) < 4.78 is 11.3. The quantitative estimate of drug-likeness (QED) is 0.535. The lowest BCUT2D eigenvalue weighted by molar-refractivity contribution is -0.130. The highest BCUT2D eigenvalue weighted by Crippen LogP contribution is 2.42. The van der Waals surface area contributed by atoms with E-state index in [4.69, 9.17) is 9.47 Å². The molecule has 0 spiro atoms. The second-order valence-corrected chi connectivity index (χ2v) is 8.34. The Morgan fingerprint density at radius 3 is 2.47 bits per heavy atom. The maximum absolute atomic E-state index is 13.1. The standard InChI is InChI=1S/C25H25NO3S/c1-28-21-13-11-19(12-14-21)17-24(27)26-15-16-30-25(26)22-9-5-6-10-23(22)29-18-20-7-3-2-4-8-20/h2-14,25H,15-18H2,1H3. The van der Waals surface area contributed by atoms with Crippen LogP contribution in [-0.4, -0.2) is 30.2 Å². The Balaban J connectivity index is 1.48. The van der Waals surface area contributed by atoms with Crippen molar-refractivity contribution in [2.24, 2.45) is 0 Å². The first-order valence-electron chi connectivity index (χ1n) is 10.0. The lowest BCUT2D eigenvalue weighted by Crippen LogP contribution is -2.31. The minimum atomic E-state index is -0.0253. The summed E-state index contributed by atoms with van der Waals surface area (Å²) in [7, 11) is 1.64. The van der Waals surface area contributed by atoms with E-state index >= 15 is 0 Å². The number of ether oxygens (including phenoxy) is 2. The van der Waals surface area contributed by atoms with Gasteiger partial charge in [-0.3, -0.25) is 4.79 Å². The van der Waals surface area contributed by atoms with Gasteiger partial charge in [0.25, 0.3) is 0 Å². The van der Waals surface area contributed by atoms with Gasteiger partial charge in [0, 0.05) is 17.9 Å². The molecule has 0 N–H and O–H groups in total. The molecule has 4 nitrogen and oxygen atoms in total. The molecule has 1 aliphatic rings. The van der Waals surface area contributed by atoms with Gasteiger partial charge in [-0.25, -0.2) is 0 Å². The van der Waals surface area contributed by atoms with Crippen LogP contribution in [-0.2, 0) is 17.8 Å². The number of amides is 1. The van der Waals surface area contributed by atoms with Gasteiger partial charge in [0.2, 0.25) is 5.91 Å². The van der Waals surface area contributed by atoms with Gasteiger partial charge < -0.3 is 14.4 Å². The number of nitrogens with zero attached hydrogens (tertiary/aromatic N) is 1. The Labute approximate surface area is 181 Å². The van der Waals surface area contributed by atoms with E-state index < -0.39 is 0 Å². The van der Waals surface area contributed by atoms with Crippen molar-refractivity contribution in [1.82, 2.24) is 4.90 Å².